The number of carbonyl (C=O) groups excluding carboxylic acids is 2. The molecule has 12 aromatic carbocycles. The van der Waals surface area contributed by atoms with E-state index < -0.39 is 11.9 Å². The van der Waals surface area contributed by atoms with Crippen LogP contribution in [0.15, 0.2) is 283 Å². The van der Waals surface area contributed by atoms with Crippen molar-refractivity contribution in [3.8, 4) is 51.4 Å². The van der Waals surface area contributed by atoms with E-state index in [4.69, 9.17) is 13.9 Å². The summed E-state index contributed by atoms with van der Waals surface area (Å²) in [6.45, 7) is -0.0393. The standard InChI is InChI=1S/C77H48N6O5/c84-76(86-47-48-39-53(80-66-31-9-1-23-58(66)59-24-2-10-32-67(59)80)45-54(40-48)81-68-33-11-3-25-60(68)61-26-4-12-34-69(61)81)50-20-17-21-51(41-50)77(85)87-57-22-18-19-49(44-57)74-78-79-75(88-74)52-42-55(82-70-35-13-5-27-62(70)63-28-6-14-36-71(63)82)46-56(43-52)83-72-37-15-7-29-64(72)65-30-8-16-38-73(65)83/h1-46H,47H2. The number of fused-ring (bicyclic) bond motifs is 12. The monoisotopic (exact) mass is 1140 g/mol. The molecule has 416 valence electrons. The van der Waals surface area contributed by atoms with E-state index in [1.807, 2.05) is 6.07 Å². The summed E-state index contributed by atoms with van der Waals surface area (Å²) < 4.78 is 27.8. The number of ether oxygens (including phenoxy) is 2. The Bertz CT molecular complexity index is 5220. The Morgan fingerprint density at radius 3 is 1.03 bits per heavy atom. The molecule has 0 unspecified atom stereocenters. The van der Waals surface area contributed by atoms with E-state index in [-0.39, 0.29) is 29.4 Å². The molecule has 11 nitrogen and oxygen atoms in total. The Hall–Kier alpha value is -12.1. The molecule has 17 rings (SSSR count). The van der Waals surface area contributed by atoms with Crippen molar-refractivity contribution in [2.75, 3.05) is 0 Å². The predicted molar refractivity (Wildman–Crippen MR) is 349 cm³/mol. The van der Waals surface area contributed by atoms with E-state index in [1.165, 1.54) is 6.07 Å². The van der Waals surface area contributed by atoms with Crippen molar-refractivity contribution in [3.63, 3.8) is 0 Å². The van der Waals surface area contributed by atoms with Gasteiger partial charge in [-0.15, -0.1) is 10.2 Å². The summed E-state index contributed by atoms with van der Waals surface area (Å²) in [5.41, 5.74) is 14.6. The summed E-state index contributed by atoms with van der Waals surface area (Å²) in [6, 6.07) is 93.5. The second-order valence-electron chi connectivity index (χ2n) is 22.1. The number of nitrogens with zero attached hydrogens (tertiary/aromatic N) is 6. The smallest absolute Gasteiger partial charge is 0.343 e. The normalized spacial score (nSPS) is 11.8. The van der Waals surface area contributed by atoms with E-state index in [2.05, 4.69) is 259 Å². The van der Waals surface area contributed by atoms with Gasteiger partial charge < -0.3 is 32.2 Å². The van der Waals surface area contributed by atoms with Crippen molar-refractivity contribution in [1.29, 1.82) is 0 Å². The number of aromatic nitrogens is 6. The van der Waals surface area contributed by atoms with Gasteiger partial charge in [0.05, 0.1) is 55.3 Å². The van der Waals surface area contributed by atoms with Crippen molar-refractivity contribution in [3.05, 3.63) is 296 Å². The summed E-state index contributed by atoms with van der Waals surface area (Å²) in [5.74, 6) is -0.454. The van der Waals surface area contributed by atoms with Crippen molar-refractivity contribution < 1.29 is 23.5 Å². The minimum atomic E-state index is -0.660. The number of carbonyl (C=O) groups is 2. The fourth-order valence-corrected chi connectivity index (χ4v) is 13.1. The molecule has 5 heterocycles. The van der Waals surface area contributed by atoms with E-state index in [9.17, 15) is 9.59 Å². The summed E-state index contributed by atoms with van der Waals surface area (Å²) in [5, 5.41) is 18.3. The third kappa shape index (κ3) is 8.28. The first kappa shape index (κ1) is 50.4. The first-order valence-electron chi connectivity index (χ1n) is 29.1. The maximum absolute atomic E-state index is 14.1. The van der Waals surface area contributed by atoms with Gasteiger partial charge in [-0.1, -0.05) is 158 Å². The molecular formula is C77H48N6O5. The van der Waals surface area contributed by atoms with E-state index in [0.717, 1.165) is 116 Å². The highest BCUT2D eigenvalue weighted by atomic mass is 16.5. The summed E-state index contributed by atoms with van der Waals surface area (Å²) in [7, 11) is 0. The van der Waals surface area contributed by atoms with Crippen LogP contribution in [0.1, 0.15) is 26.3 Å². The van der Waals surface area contributed by atoms with Crippen LogP contribution in [-0.2, 0) is 11.3 Å². The largest absolute Gasteiger partial charge is 0.457 e. The van der Waals surface area contributed by atoms with Gasteiger partial charge in [-0.25, -0.2) is 9.59 Å². The minimum absolute atomic E-state index is 0.0393. The molecule has 0 atom stereocenters. The molecule has 0 saturated heterocycles. The van der Waals surface area contributed by atoms with E-state index in [1.54, 1.807) is 36.4 Å². The van der Waals surface area contributed by atoms with Gasteiger partial charge in [0.15, 0.2) is 0 Å². The molecule has 0 fully saturated rings. The maximum Gasteiger partial charge on any atom is 0.343 e. The fourth-order valence-electron chi connectivity index (χ4n) is 13.1. The van der Waals surface area contributed by atoms with Crippen LogP contribution in [-0.4, -0.2) is 40.4 Å². The molecule has 0 amide bonds. The van der Waals surface area contributed by atoms with Crippen LogP contribution < -0.4 is 4.74 Å². The SMILES string of the molecule is O=C(OCc1cc(-n2c3ccccc3c3ccccc32)cc(-n2c3ccccc3c3ccccc32)c1)c1cccc(C(=O)Oc2cccc(-c3nnc(-c4cc(-n5c6ccccc6c6ccccc65)cc(-n5c6ccccc6c6ccccc65)c4)o3)c2)c1. The molecule has 0 N–H and O–H groups in total. The minimum Gasteiger partial charge on any atom is -0.457 e. The molecule has 5 aromatic heterocycles. The van der Waals surface area contributed by atoms with Crippen molar-refractivity contribution in [1.82, 2.24) is 28.5 Å². The average Bonchev–Trinajstić information content (AvgIpc) is 1.76. The molecule has 0 saturated carbocycles. The third-order valence-electron chi connectivity index (χ3n) is 16.9. The van der Waals surface area contributed by atoms with Crippen LogP contribution >= 0.6 is 0 Å². The van der Waals surface area contributed by atoms with Crippen LogP contribution in [0.5, 0.6) is 5.75 Å². The topological polar surface area (TPSA) is 111 Å². The molecule has 17 aromatic rings. The van der Waals surface area contributed by atoms with Gasteiger partial charge in [0.2, 0.25) is 11.8 Å². The predicted octanol–water partition coefficient (Wildman–Crippen LogP) is 18.4. The van der Waals surface area contributed by atoms with Crippen LogP contribution in [0.3, 0.4) is 0 Å². The van der Waals surface area contributed by atoms with E-state index >= 15 is 0 Å². The van der Waals surface area contributed by atoms with Crippen LogP contribution in [0.25, 0.3) is 133 Å². The lowest BCUT2D eigenvalue weighted by atomic mass is 10.1. The summed E-state index contributed by atoms with van der Waals surface area (Å²) >= 11 is 0. The Kier molecular flexibility index (Phi) is 11.6. The van der Waals surface area contributed by atoms with Crippen LogP contribution in [0.2, 0.25) is 0 Å². The lowest BCUT2D eigenvalue weighted by molar-refractivity contribution is 0.0472. The lowest BCUT2D eigenvalue weighted by Crippen LogP contribution is -2.11. The molecule has 0 spiro atoms. The van der Waals surface area contributed by atoms with Gasteiger partial charge in [0.25, 0.3) is 0 Å². The lowest BCUT2D eigenvalue weighted by Gasteiger charge is -2.16. The Labute approximate surface area is 502 Å². The van der Waals surface area contributed by atoms with Gasteiger partial charge in [-0.05, 0) is 127 Å². The zero-order valence-electron chi connectivity index (χ0n) is 47.0. The maximum atomic E-state index is 14.1. The second-order valence-corrected chi connectivity index (χ2v) is 22.1. The average molecular weight is 1140 g/mol. The van der Waals surface area contributed by atoms with Crippen molar-refractivity contribution >= 4 is 99.2 Å². The van der Waals surface area contributed by atoms with Gasteiger partial charge in [0.1, 0.15) is 12.4 Å². The number of benzene rings is 12. The molecular weight excluding hydrogens is 1090 g/mol. The molecule has 0 aliphatic heterocycles. The Balaban J connectivity index is 0.668. The zero-order valence-corrected chi connectivity index (χ0v) is 47.0. The molecule has 0 aliphatic rings. The zero-order chi connectivity index (χ0) is 58.4. The number of rotatable bonds is 11. The third-order valence-corrected chi connectivity index (χ3v) is 16.9. The Morgan fingerprint density at radius 1 is 0.318 bits per heavy atom. The molecule has 0 bridgehead atoms. The summed E-state index contributed by atoms with van der Waals surface area (Å²) in [4.78, 5) is 28.2. The van der Waals surface area contributed by atoms with Crippen molar-refractivity contribution in [2.24, 2.45) is 0 Å². The first-order chi connectivity index (χ1) is 43.5. The second kappa shape index (κ2) is 20.3. The number of para-hydroxylation sites is 8. The van der Waals surface area contributed by atoms with Gasteiger partial charge in [-0.2, -0.15) is 0 Å². The highest BCUT2D eigenvalue weighted by Gasteiger charge is 2.23. The quantitative estimate of drug-likeness (QED) is 0.0937. The van der Waals surface area contributed by atoms with Gasteiger partial charge >= 0.3 is 11.9 Å². The van der Waals surface area contributed by atoms with E-state index in [0.29, 0.717) is 17.0 Å². The van der Waals surface area contributed by atoms with Gasteiger partial charge in [0, 0.05) is 77.0 Å². The highest BCUT2D eigenvalue weighted by molar-refractivity contribution is 6.13. The molecule has 0 radical (unpaired) electrons. The Morgan fingerprint density at radius 2 is 0.648 bits per heavy atom. The number of hydrogen-bond acceptors (Lipinski definition) is 7. The molecule has 11 heteroatoms. The summed E-state index contributed by atoms with van der Waals surface area (Å²) in [6.07, 6.45) is 0. The molecule has 0 aliphatic carbocycles. The highest BCUT2D eigenvalue weighted by Crippen LogP contribution is 2.40. The van der Waals surface area contributed by atoms with Crippen LogP contribution in [0.4, 0.5) is 0 Å². The van der Waals surface area contributed by atoms with Gasteiger partial charge in [-0.3, -0.25) is 0 Å². The number of esters is 2. The fraction of sp³-hybridized carbons (Fsp3) is 0.0130. The first-order valence-corrected chi connectivity index (χ1v) is 29.1. The van der Waals surface area contributed by atoms with Crippen LogP contribution in [0, 0.1) is 0 Å². The van der Waals surface area contributed by atoms with Crippen molar-refractivity contribution in [2.45, 2.75) is 6.61 Å². The molecule has 88 heavy (non-hydrogen) atoms. The number of hydrogen-bond donors (Lipinski definition) is 0.